The molecule has 270 valence electrons. The van der Waals surface area contributed by atoms with E-state index < -0.39 is 24.4 Å². The number of hydrogen-bond donors (Lipinski definition) is 4. The Hall–Kier alpha value is -4.58. The lowest BCUT2D eigenvalue weighted by atomic mass is 9.89. The van der Waals surface area contributed by atoms with Crippen molar-refractivity contribution >= 4 is 12.0 Å². The zero-order valence-electron chi connectivity index (χ0n) is 29.7. The molecule has 4 aromatic rings. The predicted octanol–water partition coefficient (Wildman–Crippen LogP) is 6.05. The Morgan fingerprint density at radius 2 is 1.57 bits per heavy atom. The topological polar surface area (TPSA) is 130 Å². The lowest BCUT2D eigenvalue weighted by Gasteiger charge is -2.43. The number of rotatable bonds is 14. The fraction of sp³-hybridized carbons (Fsp3) is 0.366. The van der Waals surface area contributed by atoms with Gasteiger partial charge in [0.1, 0.15) is 6.54 Å². The van der Waals surface area contributed by atoms with Gasteiger partial charge in [-0.05, 0) is 66.4 Å². The summed E-state index contributed by atoms with van der Waals surface area (Å²) in [7, 11) is 2.01. The molecule has 1 fully saturated rings. The van der Waals surface area contributed by atoms with Gasteiger partial charge in [0, 0.05) is 30.6 Å². The van der Waals surface area contributed by atoms with Crippen molar-refractivity contribution in [3.8, 4) is 11.1 Å². The zero-order chi connectivity index (χ0) is 36.3. The Balaban J connectivity index is 1.34. The summed E-state index contributed by atoms with van der Waals surface area (Å²) in [6, 6.07) is 32.9. The third kappa shape index (κ3) is 10.0. The van der Waals surface area contributed by atoms with E-state index in [9.17, 15) is 19.8 Å². The normalized spacial score (nSPS) is 20.0. The molecule has 6 atom stereocenters. The maximum atomic E-state index is 12.2. The number of aliphatic hydroxyl groups is 2. The molecule has 51 heavy (non-hydrogen) atoms. The summed E-state index contributed by atoms with van der Waals surface area (Å²) in [6.45, 7) is 6.73. The van der Waals surface area contributed by atoms with E-state index in [4.69, 9.17) is 14.2 Å². The Kier molecular flexibility index (Phi) is 13.3. The van der Waals surface area contributed by atoms with Crippen LogP contribution in [0.4, 0.5) is 4.79 Å². The minimum Gasteiger partial charge on any atom is -0.465 e. The van der Waals surface area contributed by atoms with Crippen molar-refractivity contribution in [2.24, 2.45) is 5.92 Å². The van der Waals surface area contributed by atoms with Gasteiger partial charge in [0.15, 0.2) is 6.29 Å². The number of carbonyl (C=O) groups excluding carboxylic acids is 2. The first-order chi connectivity index (χ1) is 24.7. The van der Waals surface area contributed by atoms with Crippen molar-refractivity contribution < 1.29 is 34.0 Å². The van der Waals surface area contributed by atoms with Crippen molar-refractivity contribution in [2.75, 3.05) is 26.7 Å². The van der Waals surface area contributed by atoms with Gasteiger partial charge in [-0.15, -0.1) is 0 Å². The van der Waals surface area contributed by atoms with Crippen LogP contribution in [0, 0.1) is 5.92 Å². The van der Waals surface area contributed by atoms with Crippen LogP contribution >= 0.6 is 0 Å². The van der Waals surface area contributed by atoms with E-state index in [0.29, 0.717) is 6.54 Å². The average molecular weight is 696 g/mol. The number of nitrogens with zero attached hydrogens (tertiary/aromatic N) is 1. The van der Waals surface area contributed by atoms with Crippen molar-refractivity contribution in [2.45, 2.75) is 64.6 Å². The molecule has 10 nitrogen and oxygen atoms in total. The highest BCUT2D eigenvalue weighted by Gasteiger charge is 2.39. The Labute approximate surface area is 300 Å². The smallest absolute Gasteiger partial charge is 0.325 e. The quantitative estimate of drug-likeness (QED) is 0.117. The van der Waals surface area contributed by atoms with Gasteiger partial charge in [-0.25, -0.2) is 4.79 Å². The SMILES string of the molecule is CCOC(=O)CNC(=O)NCc1cccc(-c2cccc([C@@H]3O[C@H](CN(C)[C@@H](C)[C@H](O)c4ccccc4)[C@H](C)[C@H](c4ccc(CO)cc4)O3)c2)c1. The molecule has 4 aromatic carbocycles. The second-order valence-corrected chi connectivity index (χ2v) is 13.0. The monoisotopic (exact) mass is 695 g/mol. The van der Waals surface area contributed by atoms with Crippen molar-refractivity contribution in [1.29, 1.82) is 0 Å². The molecular weight excluding hydrogens is 646 g/mol. The standard InChI is InChI=1S/C41H49N3O7/c1-5-49-37(46)24-43-41(48)42-23-30-11-9-14-33(21-30)34-15-10-16-35(22-34)40-50-36(25-44(4)28(3)38(47)31-12-7-6-8-13-31)27(2)39(51-40)32-19-17-29(26-45)18-20-32/h6-22,27-28,36,38-40,45,47H,5,23-26H2,1-4H3,(H2,42,43,48)/t27-,28-,36+,38-,39+,40+/m0/s1. The van der Waals surface area contributed by atoms with Crippen LogP contribution < -0.4 is 10.6 Å². The first-order valence-electron chi connectivity index (χ1n) is 17.5. The molecule has 1 heterocycles. The zero-order valence-corrected chi connectivity index (χ0v) is 29.7. The van der Waals surface area contributed by atoms with Gasteiger partial charge in [0.25, 0.3) is 0 Å². The van der Waals surface area contributed by atoms with E-state index in [1.807, 2.05) is 111 Å². The van der Waals surface area contributed by atoms with Crippen LogP contribution in [-0.2, 0) is 32.2 Å². The van der Waals surface area contributed by atoms with Crippen molar-refractivity contribution in [1.82, 2.24) is 15.5 Å². The fourth-order valence-electron chi connectivity index (χ4n) is 6.28. The Bertz CT molecular complexity index is 1720. The highest BCUT2D eigenvalue weighted by atomic mass is 16.7. The van der Waals surface area contributed by atoms with E-state index >= 15 is 0 Å². The summed E-state index contributed by atoms with van der Waals surface area (Å²) in [4.78, 5) is 25.9. The number of urea groups is 1. The molecule has 0 aliphatic carbocycles. The summed E-state index contributed by atoms with van der Waals surface area (Å²) in [6.07, 6.45) is -1.83. The largest absolute Gasteiger partial charge is 0.465 e. The molecule has 0 unspecified atom stereocenters. The summed E-state index contributed by atoms with van der Waals surface area (Å²) >= 11 is 0. The van der Waals surface area contributed by atoms with E-state index in [0.717, 1.165) is 38.9 Å². The average Bonchev–Trinajstić information content (AvgIpc) is 3.17. The minimum absolute atomic E-state index is 0.0217. The molecule has 0 saturated carbocycles. The van der Waals surface area contributed by atoms with E-state index in [2.05, 4.69) is 28.5 Å². The maximum Gasteiger partial charge on any atom is 0.325 e. The predicted molar refractivity (Wildman–Crippen MR) is 195 cm³/mol. The van der Waals surface area contributed by atoms with Crippen LogP contribution in [-0.4, -0.2) is 66.0 Å². The number of nitrogens with one attached hydrogen (secondary N) is 2. The maximum absolute atomic E-state index is 12.2. The van der Waals surface area contributed by atoms with E-state index in [-0.39, 0.29) is 50.5 Å². The van der Waals surface area contributed by atoms with Crippen molar-refractivity contribution in [3.63, 3.8) is 0 Å². The second-order valence-electron chi connectivity index (χ2n) is 13.0. The number of carbonyl (C=O) groups is 2. The van der Waals surface area contributed by atoms with Crippen LogP contribution in [0.25, 0.3) is 11.1 Å². The van der Waals surface area contributed by atoms with Crippen LogP contribution in [0.15, 0.2) is 103 Å². The third-order valence-corrected chi connectivity index (χ3v) is 9.46. The van der Waals surface area contributed by atoms with Crippen LogP contribution in [0.1, 0.15) is 67.1 Å². The molecular formula is C41H49N3O7. The van der Waals surface area contributed by atoms with Gasteiger partial charge < -0.3 is 35.1 Å². The molecule has 1 aliphatic rings. The third-order valence-electron chi connectivity index (χ3n) is 9.46. The summed E-state index contributed by atoms with van der Waals surface area (Å²) in [5.41, 5.74) is 6.38. The van der Waals surface area contributed by atoms with Gasteiger partial charge in [-0.3, -0.25) is 9.69 Å². The summed E-state index contributed by atoms with van der Waals surface area (Å²) in [5.74, 6) is -0.512. The number of benzene rings is 4. The van der Waals surface area contributed by atoms with Crippen molar-refractivity contribution in [3.05, 3.63) is 131 Å². The number of amides is 2. The molecule has 1 aliphatic heterocycles. The molecule has 4 N–H and O–H groups in total. The molecule has 0 radical (unpaired) electrons. The molecule has 0 bridgehead atoms. The van der Waals surface area contributed by atoms with E-state index in [1.165, 1.54) is 0 Å². The Morgan fingerprint density at radius 3 is 2.27 bits per heavy atom. The number of hydrogen-bond acceptors (Lipinski definition) is 8. The number of esters is 1. The molecule has 10 heteroatoms. The molecule has 0 aromatic heterocycles. The first kappa shape index (κ1) is 37.7. The number of likely N-dealkylation sites (N-methyl/N-ethyl adjacent to an activating group) is 1. The van der Waals surface area contributed by atoms with Crippen LogP contribution in [0.5, 0.6) is 0 Å². The lowest BCUT2D eigenvalue weighted by Crippen LogP contribution is -2.46. The highest BCUT2D eigenvalue weighted by molar-refractivity contribution is 5.80. The minimum atomic E-state index is -0.663. The van der Waals surface area contributed by atoms with Gasteiger partial charge in [-0.1, -0.05) is 97.9 Å². The molecule has 2 amide bonds. The fourth-order valence-corrected chi connectivity index (χ4v) is 6.28. The van der Waals surface area contributed by atoms with Crippen LogP contribution in [0.3, 0.4) is 0 Å². The Morgan fingerprint density at radius 1 is 0.863 bits per heavy atom. The van der Waals surface area contributed by atoms with Gasteiger partial charge in [0.05, 0.1) is 31.5 Å². The van der Waals surface area contributed by atoms with Gasteiger partial charge in [0.2, 0.25) is 0 Å². The molecule has 5 rings (SSSR count). The number of aliphatic hydroxyl groups excluding tert-OH is 2. The lowest BCUT2D eigenvalue weighted by molar-refractivity contribution is -0.276. The van der Waals surface area contributed by atoms with Crippen LogP contribution in [0.2, 0.25) is 0 Å². The number of ether oxygens (including phenoxy) is 3. The summed E-state index contributed by atoms with van der Waals surface area (Å²) in [5, 5.41) is 26.1. The van der Waals surface area contributed by atoms with Gasteiger partial charge >= 0.3 is 12.0 Å². The molecule has 1 saturated heterocycles. The summed E-state index contributed by atoms with van der Waals surface area (Å²) < 4.78 is 18.3. The highest BCUT2D eigenvalue weighted by Crippen LogP contribution is 2.42. The first-order valence-corrected chi connectivity index (χ1v) is 17.5. The van der Waals surface area contributed by atoms with E-state index in [1.54, 1.807) is 6.92 Å². The second kappa shape index (κ2) is 18.1. The molecule has 0 spiro atoms. The van der Waals surface area contributed by atoms with Gasteiger partial charge in [-0.2, -0.15) is 0 Å².